The van der Waals surface area contributed by atoms with Gasteiger partial charge in [0.15, 0.2) is 0 Å². The third kappa shape index (κ3) is 3.07. The van der Waals surface area contributed by atoms with E-state index in [4.69, 9.17) is 0 Å². The first-order valence-corrected chi connectivity index (χ1v) is 7.28. The van der Waals surface area contributed by atoms with E-state index in [1.54, 1.807) is 6.07 Å². The Morgan fingerprint density at radius 2 is 1.95 bits per heavy atom. The van der Waals surface area contributed by atoms with Crippen LogP contribution in [0.25, 0.3) is 0 Å². The van der Waals surface area contributed by atoms with Crippen LogP contribution in [-0.4, -0.2) is 6.54 Å². The molecule has 1 saturated carbocycles. The van der Waals surface area contributed by atoms with E-state index >= 15 is 0 Å². The van der Waals surface area contributed by atoms with Crippen molar-refractivity contribution in [1.29, 1.82) is 0 Å². The van der Waals surface area contributed by atoms with Gasteiger partial charge in [0, 0.05) is 5.56 Å². The van der Waals surface area contributed by atoms with Crippen LogP contribution in [0.5, 0.6) is 0 Å². The van der Waals surface area contributed by atoms with Gasteiger partial charge < -0.3 is 5.32 Å². The van der Waals surface area contributed by atoms with Crippen LogP contribution in [0.15, 0.2) is 48.5 Å². The van der Waals surface area contributed by atoms with Gasteiger partial charge in [-0.25, -0.2) is 4.39 Å². The normalized spacial score (nSPS) is 16.1. The number of hydrogen-bond acceptors (Lipinski definition) is 1. The lowest BCUT2D eigenvalue weighted by Gasteiger charge is -2.21. The molecule has 0 radical (unpaired) electrons. The van der Waals surface area contributed by atoms with Gasteiger partial charge in [-0.15, -0.1) is 0 Å². The van der Waals surface area contributed by atoms with Gasteiger partial charge in [0.05, 0.1) is 6.04 Å². The van der Waals surface area contributed by atoms with Crippen molar-refractivity contribution in [2.24, 2.45) is 5.92 Å². The Bertz CT molecular complexity index is 589. The molecule has 104 valence electrons. The summed E-state index contributed by atoms with van der Waals surface area (Å²) in [7, 11) is 0. The van der Waals surface area contributed by atoms with Gasteiger partial charge in [-0.1, -0.05) is 48.0 Å². The molecule has 0 aromatic heterocycles. The smallest absolute Gasteiger partial charge is 0.128 e. The Morgan fingerprint density at radius 3 is 2.65 bits per heavy atom. The summed E-state index contributed by atoms with van der Waals surface area (Å²) in [5.41, 5.74) is 3.08. The zero-order valence-corrected chi connectivity index (χ0v) is 11.8. The summed E-state index contributed by atoms with van der Waals surface area (Å²) >= 11 is 0. The summed E-state index contributed by atoms with van der Waals surface area (Å²) in [4.78, 5) is 0. The molecule has 0 bridgehead atoms. The van der Waals surface area contributed by atoms with Crippen LogP contribution in [-0.2, 0) is 0 Å². The molecule has 0 heterocycles. The first-order chi connectivity index (χ1) is 9.74. The SMILES string of the molecule is Cc1cccc(C(NCC2CC2)c2ccccc2F)c1. The average Bonchev–Trinajstić information content (AvgIpc) is 3.25. The first kappa shape index (κ1) is 13.3. The fourth-order valence-electron chi connectivity index (χ4n) is 2.57. The molecule has 0 spiro atoms. The highest BCUT2D eigenvalue weighted by atomic mass is 19.1. The highest BCUT2D eigenvalue weighted by Gasteiger charge is 2.24. The Morgan fingerprint density at radius 1 is 1.15 bits per heavy atom. The van der Waals surface area contributed by atoms with E-state index in [0.29, 0.717) is 0 Å². The summed E-state index contributed by atoms with van der Waals surface area (Å²) in [5.74, 6) is 0.636. The van der Waals surface area contributed by atoms with Gasteiger partial charge in [0.2, 0.25) is 0 Å². The van der Waals surface area contributed by atoms with E-state index in [-0.39, 0.29) is 11.9 Å². The standard InChI is InChI=1S/C18H20FN/c1-13-5-4-6-15(11-13)18(20-12-14-9-10-14)16-7-2-3-8-17(16)19/h2-8,11,14,18,20H,9-10,12H2,1H3. The van der Waals surface area contributed by atoms with E-state index in [9.17, 15) is 4.39 Å². The molecular formula is C18H20FN. The Kier molecular flexibility index (Phi) is 3.83. The van der Waals surface area contributed by atoms with Crippen LogP contribution in [0.1, 0.15) is 35.6 Å². The van der Waals surface area contributed by atoms with Gasteiger partial charge in [-0.3, -0.25) is 0 Å². The predicted octanol–water partition coefficient (Wildman–Crippen LogP) is 4.22. The third-order valence-corrected chi connectivity index (χ3v) is 3.90. The van der Waals surface area contributed by atoms with Crippen LogP contribution in [0.4, 0.5) is 4.39 Å². The fraction of sp³-hybridized carbons (Fsp3) is 0.333. The van der Waals surface area contributed by atoms with Crippen LogP contribution >= 0.6 is 0 Å². The zero-order chi connectivity index (χ0) is 13.9. The van der Waals surface area contributed by atoms with Gasteiger partial charge in [0.25, 0.3) is 0 Å². The monoisotopic (exact) mass is 269 g/mol. The number of rotatable bonds is 5. The highest BCUT2D eigenvalue weighted by Crippen LogP contribution is 2.30. The second kappa shape index (κ2) is 5.76. The van der Waals surface area contributed by atoms with E-state index in [0.717, 1.165) is 23.6 Å². The summed E-state index contributed by atoms with van der Waals surface area (Å²) < 4.78 is 14.1. The van der Waals surface area contributed by atoms with Crippen molar-refractivity contribution in [2.45, 2.75) is 25.8 Å². The lowest BCUT2D eigenvalue weighted by atomic mass is 9.96. The quantitative estimate of drug-likeness (QED) is 0.856. The lowest BCUT2D eigenvalue weighted by Crippen LogP contribution is -2.25. The maximum absolute atomic E-state index is 14.1. The van der Waals surface area contributed by atoms with Crippen molar-refractivity contribution < 1.29 is 4.39 Å². The zero-order valence-electron chi connectivity index (χ0n) is 11.8. The summed E-state index contributed by atoms with van der Waals surface area (Å²) in [6.07, 6.45) is 2.59. The molecule has 0 aliphatic heterocycles. The van der Waals surface area contributed by atoms with E-state index in [1.165, 1.54) is 24.5 Å². The van der Waals surface area contributed by atoms with Gasteiger partial charge in [0.1, 0.15) is 5.82 Å². The van der Waals surface area contributed by atoms with Gasteiger partial charge in [-0.05, 0) is 43.9 Å². The van der Waals surface area contributed by atoms with Crippen LogP contribution in [0, 0.1) is 18.7 Å². The molecule has 3 rings (SSSR count). The van der Waals surface area contributed by atoms with Crippen molar-refractivity contribution in [3.8, 4) is 0 Å². The number of hydrogen-bond donors (Lipinski definition) is 1. The summed E-state index contributed by atoms with van der Waals surface area (Å²) in [6, 6.07) is 15.3. The minimum atomic E-state index is -0.137. The maximum atomic E-state index is 14.1. The van der Waals surface area contributed by atoms with Crippen LogP contribution in [0.3, 0.4) is 0 Å². The number of nitrogens with one attached hydrogen (secondary N) is 1. The Balaban J connectivity index is 1.92. The molecule has 0 saturated heterocycles. The highest BCUT2D eigenvalue weighted by molar-refractivity contribution is 5.34. The second-order valence-corrected chi connectivity index (χ2v) is 5.72. The third-order valence-electron chi connectivity index (χ3n) is 3.90. The van der Waals surface area contributed by atoms with E-state index in [1.807, 2.05) is 18.2 Å². The fourth-order valence-corrected chi connectivity index (χ4v) is 2.57. The Hall–Kier alpha value is -1.67. The number of benzene rings is 2. The van der Waals surface area contributed by atoms with Gasteiger partial charge in [-0.2, -0.15) is 0 Å². The predicted molar refractivity (Wildman–Crippen MR) is 80.1 cm³/mol. The summed E-state index contributed by atoms with van der Waals surface area (Å²) in [5, 5.41) is 3.54. The molecule has 1 nitrogen and oxygen atoms in total. The van der Waals surface area contributed by atoms with Crippen molar-refractivity contribution in [3.05, 3.63) is 71.0 Å². The summed E-state index contributed by atoms with van der Waals surface area (Å²) in [6.45, 7) is 3.04. The number of aryl methyl sites for hydroxylation is 1. The molecule has 1 aliphatic carbocycles. The van der Waals surface area contributed by atoms with Crippen LogP contribution in [0.2, 0.25) is 0 Å². The molecule has 2 heteroatoms. The molecule has 0 amide bonds. The molecule has 1 N–H and O–H groups in total. The molecule has 1 aliphatic rings. The van der Waals surface area contributed by atoms with E-state index < -0.39 is 0 Å². The van der Waals surface area contributed by atoms with Crippen molar-refractivity contribution in [3.63, 3.8) is 0 Å². The van der Waals surface area contributed by atoms with Crippen molar-refractivity contribution >= 4 is 0 Å². The van der Waals surface area contributed by atoms with Gasteiger partial charge >= 0.3 is 0 Å². The molecule has 2 aromatic carbocycles. The molecule has 20 heavy (non-hydrogen) atoms. The molecule has 1 fully saturated rings. The van der Waals surface area contributed by atoms with Crippen LogP contribution < -0.4 is 5.32 Å². The maximum Gasteiger partial charge on any atom is 0.128 e. The molecule has 2 aromatic rings. The first-order valence-electron chi connectivity index (χ1n) is 7.28. The minimum Gasteiger partial charge on any atom is -0.306 e. The van der Waals surface area contributed by atoms with Crippen molar-refractivity contribution in [1.82, 2.24) is 5.32 Å². The second-order valence-electron chi connectivity index (χ2n) is 5.72. The largest absolute Gasteiger partial charge is 0.306 e. The van der Waals surface area contributed by atoms with Crippen molar-refractivity contribution in [2.75, 3.05) is 6.54 Å². The topological polar surface area (TPSA) is 12.0 Å². The molecule has 1 atom stereocenters. The average molecular weight is 269 g/mol. The molecular weight excluding hydrogens is 249 g/mol. The molecule has 1 unspecified atom stereocenters. The number of halogens is 1. The van der Waals surface area contributed by atoms with E-state index in [2.05, 4.69) is 30.4 Å². The minimum absolute atomic E-state index is 0.0586. The lowest BCUT2D eigenvalue weighted by molar-refractivity contribution is 0.534. The Labute approximate surface area is 119 Å².